The molecule has 3 nitrogen and oxygen atoms in total. The standard InChI is InChI=1S/C24H20ClF2NO2/c25-17-5-10-20(11-6-17)30-15-24(29)28-13-1-2-21(16-3-7-18(26)8-4-16)22-12-9-19(27)14-23(22)28/h3-12,14,21H,1-2,13,15H2. The number of hydrogen-bond donors (Lipinski definition) is 0. The second-order valence-electron chi connectivity index (χ2n) is 7.24. The molecule has 1 amide bonds. The summed E-state index contributed by atoms with van der Waals surface area (Å²) < 4.78 is 33.1. The van der Waals surface area contributed by atoms with Crippen LogP contribution in [0.5, 0.6) is 5.75 Å². The van der Waals surface area contributed by atoms with Crippen LogP contribution >= 0.6 is 11.6 Å². The largest absolute Gasteiger partial charge is 0.484 e. The van der Waals surface area contributed by atoms with Gasteiger partial charge in [0.25, 0.3) is 5.91 Å². The van der Waals surface area contributed by atoms with Gasteiger partial charge >= 0.3 is 0 Å². The molecule has 4 rings (SSSR count). The third-order valence-electron chi connectivity index (χ3n) is 5.28. The minimum absolute atomic E-state index is 0.0452. The molecular formula is C24H20ClF2NO2. The summed E-state index contributed by atoms with van der Waals surface area (Å²) in [5, 5.41) is 0.581. The average Bonchev–Trinajstić information content (AvgIpc) is 2.93. The molecule has 0 spiro atoms. The molecule has 0 bridgehead atoms. The summed E-state index contributed by atoms with van der Waals surface area (Å²) >= 11 is 5.87. The smallest absolute Gasteiger partial charge is 0.264 e. The zero-order chi connectivity index (χ0) is 21.1. The predicted molar refractivity (Wildman–Crippen MR) is 113 cm³/mol. The van der Waals surface area contributed by atoms with Crippen LogP contribution in [0.4, 0.5) is 14.5 Å². The van der Waals surface area contributed by atoms with Crippen molar-refractivity contribution in [2.45, 2.75) is 18.8 Å². The van der Waals surface area contributed by atoms with Crippen LogP contribution in [-0.2, 0) is 4.79 Å². The minimum Gasteiger partial charge on any atom is -0.484 e. The van der Waals surface area contributed by atoms with Crippen molar-refractivity contribution in [3.63, 3.8) is 0 Å². The van der Waals surface area contributed by atoms with E-state index in [4.69, 9.17) is 16.3 Å². The summed E-state index contributed by atoms with van der Waals surface area (Å²) in [6.07, 6.45) is 1.50. The second-order valence-corrected chi connectivity index (χ2v) is 7.67. The monoisotopic (exact) mass is 427 g/mol. The number of carbonyl (C=O) groups is 1. The summed E-state index contributed by atoms with van der Waals surface area (Å²) in [6.45, 7) is 0.287. The molecule has 1 aliphatic rings. The van der Waals surface area contributed by atoms with E-state index >= 15 is 0 Å². The number of fused-ring (bicyclic) bond motifs is 1. The van der Waals surface area contributed by atoms with Gasteiger partial charge < -0.3 is 9.64 Å². The third kappa shape index (κ3) is 4.46. The van der Waals surface area contributed by atoms with Crippen molar-refractivity contribution in [2.24, 2.45) is 0 Å². The molecule has 1 heterocycles. The van der Waals surface area contributed by atoms with E-state index in [1.54, 1.807) is 47.4 Å². The average molecular weight is 428 g/mol. The highest BCUT2D eigenvalue weighted by atomic mass is 35.5. The van der Waals surface area contributed by atoms with E-state index in [1.807, 2.05) is 0 Å². The maximum Gasteiger partial charge on any atom is 0.264 e. The maximum absolute atomic E-state index is 14.1. The Labute approximate surface area is 178 Å². The fourth-order valence-corrected chi connectivity index (χ4v) is 3.95. The molecule has 3 aromatic rings. The van der Waals surface area contributed by atoms with Crippen LogP contribution < -0.4 is 9.64 Å². The van der Waals surface area contributed by atoms with Gasteiger partial charge in [-0.3, -0.25) is 4.79 Å². The molecule has 1 unspecified atom stereocenters. The van der Waals surface area contributed by atoms with Crippen LogP contribution in [0.3, 0.4) is 0 Å². The molecule has 0 aromatic heterocycles. The van der Waals surface area contributed by atoms with Gasteiger partial charge in [0, 0.05) is 17.5 Å². The van der Waals surface area contributed by atoms with Crippen molar-refractivity contribution in [3.8, 4) is 5.75 Å². The van der Waals surface area contributed by atoms with Gasteiger partial charge in [-0.2, -0.15) is 0 Å². The summed E-state index contributed by atoms with van der Waals surface area (Å²) in [6, 6.07) is 17.6. The molecule has 0 radical (unpaired) electrons. The number of benzene rings is 3. The molecule has 1 atom stereocenters. The van der Waals surface area contributed by atoms with Crippen LogP contribution in [0.15, 0.2) is 66.7 Å². The quantitative estimate of drug-likeness (QED) is 0.514. The first-order valence-corrected chi connectivity index (χ1v) is 10.1. The lowest BCUT2D eigenvalue weighted by Crippen LogP contribution is -2.35. The Balaban J connectivity index is 1.60. The first kappa shape index (κ1) is 20.4. The number of amides is 1. The molecule has 30 heavy (non-hydrogen) atoms. The zero-order valence-electron chi connectivity index (χ0n) is 16.2. The lowest BCUT2D eigenvalue weighted by atomic mass is 9.87. The van der Waals surface area contributed by atoms with Crippen molar-refractivity contribution in [2.75, 3.05) is 18.1 Å². The molecule has 154 valence electrons. The summed E-state index contributed by atoms with van der Waals surface area (Å²) in [7, 11) is 0. The van der Waals surface area contributed by atoms with Crippen LogP contribution in [0, 0.1) is 11.6 Å². The normalized spacial score (nSPS) is 16.0. The SMILES string of the molecule is O=C(COc1ccc(Cl)cc1)N1CCCC(c2ccc(F)cc2)c2ccc(F)cc21. The van der Waals surface area contributed by atoms with Crippen LogP contribution in [0.2, 0.25) is 5.02 Å². The van der Waals surface area contributed by atoms with Gasteiger partial charge in [0.15, 0.2) is 6.61 Å². The van der Waals surface area contributed by atoms with Crippen molar-refractivity contribution >= 4 is 23.2 Å². The maximum atomic E-state index is 14.1. The Morgan fingerprint density at radius 1 is 1.00 bits per heavy atom. The molecule has 3 aromatic carbocycles. The molecule has 1 aliphatic heterocycles. The van der Waals surface area contributed by atoms with E-state index in [9.17, 15) is 13.6 Å². The first-order chi connectivity index (χ1) is 14.5. The van der Waals surface area contributed by atoms with E-state index in [2.05, 4.69) is 0 Å². The van der Waals surface area contributed by atoms with Gasteiger partial charge in [0.2, 0.25) is 0 Å². The number of ether oxygens (including phenoxy) is 1. The van der Waals surface area contributed by atoms with Crippen LogP contribution in [0.1, 0.15) is 29.9 Å². The van der Waals surface area contributed by atoms with Crippen LogP contribution in [-0.4, -0.2) is 19.1 Å². The Kier molecular flexibility index (Phi) is 6.00. The van der Waals surface area contributed by atoms with Crippen molar-refractivity contribution in [1.29, 1.82) is 0 Å². The zero-order valence-corrected chi connectivity index (χ0v) is 16.9. The van der Waals surface area contributed by atoms with E-state index in [1.165, 1.54) is 24.3 Å². The third-order valence-corrected chi connectivity index (χ3v) is 5.53. The molecule has 0 saturated carbocycles. The van der Waals surface area contributed by atoms with Gasteiger partial charge in [0.05, 0.1) is 5.69 Å². The highest BCUT2D eigenvalue weighted by molar-refractivity contribution is 6.30. The summed E-state index contributed by atoms with van der Waals surface area (Å²) in [5.41, 5.74) is 2.32. The molecule has 0 N–H and O–H groups in total. The fraction of sp³-hybridized carbons (Fsp3) is 0.208. The predicted octanol–water partition coefficient (Wildman–Crippen LogP) is 5.96. The number of anilines is 1. The molecule has 0 saturated heterocycles. The van der Waals surface area contributed by atoms with Crippen molar-refractivity contribution in [3.05, 3.63) is 94.5 Å². The Hall–Kier alpha value is -2.92. The minimum atomic E-state index is -0.412. The number of rotatable bonds is 4. The van der Waals surface area contributed by atoms with Crippen molar-refractivity contribution < 1.29 is 18.3 Å². The van der Waals surface area contributed by atoms with Crippen molar-refractivity contribution in [1.82, 2.24) is 0 Å². The molecule has 0 aliphatic carbocycles. The Morgan fingerprint density at radius 2 is 1.70 bits per heavy atom. The fourth-order valence-electron chi connectivity index (χ4n) is 3.83. The molecule has 0 fully saturated rings. The van der Waals surface area contributed by atoms with E-state index in [-0.39, 0.29) is 24.2 Å². The first-order valence-electron chi connectivity index (χ1n) is 9.75. The number of hydrogen-bond acceptors (Lipinski definition) is 2. The van der Waals surface area contributed by atoms with Gasteiger partial charge in [-0.15, -0.1) is 0 Å². The van der Waals surface area contributed by atoms with Gasteiger partial charge in [-0.05, 0) is 72.5 Å². The highest BCUT2D eigenvalue weighted by Crippen LogP contribution is 2.39. The Morgan fingerprint density at radius 3 is 2.43 bits per heavy atom. The lowest BCUT2D eigenvalue weighted by Gasteiger charge is -2.24. The second kappa shape index (κ2) is 8.84. The van der Waals surface area contributed by atoms with E-state index < -0.39 is 5.82 Å². The van der Waals surface area contributed by atoms with Gasteiger partial charge in [-0.25, -0.2) is 8.78 Å². The van der Waals surface area contributed by atoms with Gasteiger partial charge in [-0.1, -0.05) is 29.8 Å². The number of carbonyl (C=O) groups excluding carboxylic acids is 1. The highest BCUT2D eigenvalue weighted by Gasteiger charge is 2.28. The number of nitrogens with zero attached hydrogens (tertiary/aromatic N) is 1. The number of halogens is 3. The van der Waals surface area contributed by atoms with E-state index in [0.717, 1.165) is 24.0 Å². The summed E-state index contributed by atoms with van der Waals surface area (Å²) in [5.74, 6) is -0.480. The van der Waals surface area contributed by atoms with E-state index in [0.29, 0.717) is 23.0 Å². The van der Waals surface area contributed by atoms with Crippen LogP contribution in [0.25, 0.3) is 0 Å². The summed E-state index contributed by atoms with van der Waals surface area (Å²) in [4.78, 5) is 14.5. The molecular weight excluding hydrogens is 408 g/mol. The topological polar surface area (TPSA) is 29.5 Å². The molecule has 6 heteroatoms. The lowest BCUT2D eigenvalue weighted by molar-refractivity contribution is -0.120. The van der Waals surface area contributed by atoms with Gasteiger partial charge in [0.1, 0.15) is 17.4 Å². The Bertz CT molecular complexity index is 1040.